The van der Waals surface area contributed by atoms with Gasteiger partial charge in [0.1, 0.15) is 12.4 Å². The Morgan fingerprint density at radius 2 is 1.87 bits per heavy atom. The lowest BCUT2D eigenvalue weighted by atomic mass is 9.87. The molecule has 1 aromatic heterocycles. The summed E-state index contributed by atoms with van der Waals surface area (Å²) >= 11 is 0. The highest BCUT2D eigenvalue weighted by atomic mass is 16.5. The van der Waals surface area contributed by atoms with Crippen LogP contribution in [0.3, 0.4) is 0 Å². The van der Waals surface area contributed by atoms with Gasteiger partial charge in [0, 0.05) is 18.8 Å². The number of anilines is 1. The van der Waals surface area contributed by atoms with Crippen LogP contribution < -0.4 is 14.8 Å². The van der Waals surface area contributed by atoms with Gasteiger partial charge in [-0.05, 0) is 76.0 Å². The topological polar surface area (TPSA) is 65.5 Å². The molecular formula is C25H35N3O3. The van der Waals surface area contributed by atoms with Crippen LogP contribution in [-0.2, 0) is 4.74 Å². The van der Waals surface area contributed by atoms with Crippen molar-refractivity contribution in [2.75, 3.05) is 18.5 Å². The molecule has 1 atom stereocenters. The minimum Gasteiger partial charge on any atom is -0.491 e. The number of hydrogen-bond acceptors (Lipinski definition) is 6. The summed E-state index contributed by atoms with van der Waals surface area (Å²) in [5.74, 6) is 2.92. The van der Waals surface area contributed by atoms with Crippen LogP contribution in [0.25, 0.3) is 11.1 Å². The highest BCUT2D eigenvalue weighted by Crippen LogP contribution is 2.32. The Morgan fingerprint density at radius 3 is 2.55 bits per heavy atom. The van der Waals surface area contributed by atoms with E-state index in [-0.39, 0.29) is 12.2 Å². The molecule has 1 aliphatic heterocycles. The molecule has 2 heterocycles. The van der Waals surface area contributed by atoms with Crippen molar-refractivity contribution in [2.45, 2.75) is 77.5 Å². The Hall–Kier alpha value is -2.34. The van der Waals surface area contributed by atoms with Gasteiger partial charge in [0.05, 0.1) is 17.8 Å². The van der Waals surface area contributed by atoms with E-state index in [1.807, 2.05) is 44.3 Å². The molecule has 0 radical (unpaired) electrons. The zero-order valence-corrected chi connectivity index (χ0v) is 19.0. The SMILES string of the molecule is CC1CCC(Nc2ncc(-c3ccc(OC(C)C)cc3)c(OC[C@H]3CCCO3)n2)CC1. The standard InChI is InChI=1S/C25H35N3O3/c1-17(2)31-21-12-8-19(9-13-21)23-15-26-25(27-20-10-6-18(3)7-11-20)28-24(23)30-16-22-5-4-14-29-22/h8-9,12-13,15,17-18,20,22H,4-7,10-11,14,16H2,1-3H3,(H,26,27,28)/t18?,20?,22-/m1/s1. The van der Waals surface area contributed by atoms with E-state index < -0.39 is 0 Å². The van der Waals surface area contributed by atoms with Gasteiger partial charge in [-0.1, -0.05) is 19.1 Å². The van der Waals surface area contributed by atoms with Crippen LogP contribution in [0, 0.1) is 5.92 Å². The molecule has 2 aliphatic rings. The van der Waals surface area contributed by atoms with E-state index in [0.717, 1.165) is 55.1 Å². The second kappa shape index (κ2) is 10.3. The molecule has 2 aromatic rings. The number of rotatable bonds is 8. The fourth-order valence-corrected chi connectivity index (χ4v) is 4.26. The molecule has 2 fully saturated rings. The van der Waals surface area contributed by atoms with Crippen molar-refractivity contribution < 1.29 is 14.2 Å². The molecule has 6 nitrogen and oxygen atoms in total. The number of aromatic nitrogens is 2. The molecule has 0 bridgehead atoms. The van der Waals surface area contributed by atoms with Gasteiger partial charge in [-0.25, -0.2) is 4.98 Å². The summed E-state index contributed by atoms with van der Waals surface area (Å²) in [5.41, 5.74) is 1.90. The van der Waals surface area contributed by atoms with E-state index >= 15 is 0 Å². The van der Waals surface area contributed by atoms with Crippen molar-refractivity contribution in [1.29, 1.82) is 0 Å². The van der Waals surface area contributed by atoms with E-state index in [1.165, 1.54) is 12.8 Å². The first-order chi connectivity index (χ1) is 15.1. The maximum absolute atomic E-state index is 6.17. The van der Waals surface area contributed by atoms with E-state index in [9.17, 15) is 0 Å². The molecule has 0 amide bonds. The molecule has 0 spiro atoms. The molecule has 31 heavy (non-hydrogen) atoms. The normalized spacial score (nSPS) is 23.7. The predicted octanol–water partition coefficient (Wildman–Crippen LogP) is 5.48. The van der Waals surface area contributed by atoms with E-state index in [1.54, 1.807) is 0 Å². The lowest BCUT2D eigenvalue weighted by Crippen LogP contribution is -2.26. The second-order valence-electron chi connectivity index (χ2n) is 9.15. The third-order valence-corrected chi connectivity index (χ3v) is 6.07. The van der Waals surface area contributed by atoms with Gasteiger partial charge in [-0.3, -0.25) is 0 Å². The van der Waals surface area contributed by atoms with Crippen LogP contribution in [0.4, 0.5) is 5.95 Å². The average molecular weight is 426 g/mol. The third kappa shape index (κ3) is 6.10. The number of nitrogens with zero attached hydrogens (tertiary/aromatic N) is 2. The van der Waals surface area contributed by atoms with Crippen LogP contribution in [0.5, 0.6) is 11.6 Å². The molecular weight excluding hydrogens is 390 g/mol. The van der Waals surface area contributed by atoms with Gasteiger partial charge in [0.25, 0.3) is 0 Å². The summed E-state index contributed by atoms with van der Waals surface area (Å²) in [6.45, 7) is 7.71. The Bertz CT molecular complexity index is 826. The van der Waals surface area contributed by atoms with Crippen LogP contribution >= 0.6 is 0 Å². The quantitative estimate of drug-likeness (QED) is 0.604. The number of nitrogens with one attached hydrogen (secondary N) is 1. The highest BCUT2D eigenvalue weighted by Gasteiger charge is 2.21. The van der Waals surface area contributed by atoms with Gasteiger partial charge in [-0.2, -0.15) is 4.98 Å². The zero-order valence-electron chi connectivity index (χ0n) is 19.0. The molecule has 1 saturated carbocycles. The fourth-order valence-electron chi connectivity index (χ4n) is 4.26. The summed E-state index contributed by atoms with van der Waals surface area (Å²) in [6, 6.07) is 8.46. The van der Waals surface area contributed by atoms with Crippen LogP contribution in [0.15, 0.2) is 30.5 Å². The van der Waals surface area contributed by atoms with Gasteiger partial charge >= 0.3 is 0 Å². The first-order valence-electron chi connectivity index (χ1n) is 11.7. The van der Waals surface area contributed by atoms with Gasteiger partial charge in [0.15, 0.2) is 0 Å². The molecule has 1 aliphatic carbocycles. The van der Waals surface area contributed by atoms with Gasteiger partial charge in [-0.15, -0.1) is 0 Å². The predicted molar refractivity (Wildman–Crippen MR) is 123 cm³/mol. The molecule has 6 heteroatoms. The summed E-state index contributed by atoms with van der Waals surface area (Å²) in [7, 11) is 0. The monoisotopic (exact) mass is 425 g/mol. The molecule has 168 valence electrons. The van der Waals surface area contributed by atoms with Crippen molar-refractivity contribution in [3.8, 4) is 22.8 Å². The van der Waals surface area contributed by atoms with Crippen molar-refractivity contribution in [2.24, 2.45) is 5.92 Å². The van der Waals surface area contributed by atoms with Crippen molar-refractivity contribution in [1.82, 2.24) is 9.97 Å². The fraction of sp³-hybridized carbons (Fsp3) is 0.600. The zero-order chi connectivity index (χ0) is 21.6. The average Bonchev–Trinajstić information content (AvgIpc) is 3.28. The Balaban J connectivity index is 1.52. The highest BCUT2D eigenvalue weighted by molar-refractivity contribution is 5.69. The van der Waals surface area contributed by atoms with Crippen molar-refractivity contribution in [3.05, 3.63) is 30.5 Å². The molecule has 4 rings (SSSR count). The minimum atomic E-state index is 0.140. The maximum Gasteiger partial charge on any atom is 0.226 e. The number of ether oxygens (including phenoxy) is 3. The number of hydrogen-bond donors (Lipinski definition) is 1. The molecule has 1 saturated heterocycles. The molecule has 1 aromatic carbocycles. The summed E-state index contributed by atoms with van der Waals surface area (Å²) in [5, 5.41) is 3.53. The van der Waals surface area contributed by atoms with Crippen molar-refractivity contribution in [3.63, 3.8) is 0 Å². The van der Waals surface area contributed by atoms with Crippen LogP contribution in [0.2, 0.25) is 0 Å². The smallest absolute Gasteiger partial charge is 0.226 e. The van der Waals surface area contributed by atoms with E-state index in [4.69, 9.17) is 19.2 Å². The second-order valence-corrected chi connectivity index (χ2v) is 9.15. The first-order valence-corrected chi connectivity index (χ1v) is 11.7. The Morgan fingerprint density at radius 1 is 1.10 bits per heavy atom. The Kier molecular flexibility index (Phi) is 7.28. The van der Waals surface area contributed by atoms with Gasteiger partial charge < -0.3 is 19.5 Å². The largest absolute Gasteiger partial charge is 0.491 e. The maximum atomic E-state index is 6.17. The molecule has 0 unspecified atom stereocenters. The van der Waals surface area contributed by atoms with Crippen LogP contribution in [0.1, 0.15) is 59.3 Å². The third-order valence-electron chi connectivity index (χ3n) is 6.07. The molecule has 1 N–H and O–H groups in total. The lowest BCUT2D eigenvalue weighted by molar-refractivity contribution is 0.0665. The summed E-state index contributed by atoms with van der Waals surface area (Å²) in [6.07, 6.45) is 9.11. The Labute approximate surface area is 185 Å². The van der Waals surface area contributed by atoms with Gasteiger partial charge in [0.2, 0.25) is 11.8 Å². The first kappa shape index (κ1) is 21.9. The summed E-state index contributed by atoms with van der Waals surface area (Å²) < 4.78 is 17.7. The lowest BCUT2D eigenvalue weighted by Gasteiger charge is -2.27. The van der Waals surface area contributed by atoms with E-state index in [2.05, 4.69) is 17.2 Å². The minimum absolute atomic E-state index is 0.140. The van der Waals surface area contributed by atoms with Crippen LogP contribution in [-0.4, -0.2) is 41.4 Å². The van der Waals surface area contributed by atoms with Crippen molar-refractivity contribution >= 4 is 5.95 Å². The summed E-state index contributed by atoms with van der Waals surface area (Å²) in [4.78, 5) is 9.38. The number of benzene rings is 1. The van der Waals surface area contributed by atoms with E-state index in [0.29, 0.717) is 24.5 Å².